The molecule has 0 bridgehead atoms. The Morgan fingerprint density at radius 3 is 2.25 bits per heavy atom. The number of hydrogen-bond acceptors (Lipinski definition) is 8. The normalized spacial score (nSPS) is 16.2. The van der Waals surface area contributed by atoms with Gasteiger partial charge in [-0.15, -0.1) is 0 Å². The van der Waals surface area contributed by atoms with Crippen molar-refractivity contribution in [3.8, 4) is 22.5 Å². The number of nitrogens with one attached hydrogen (secondary N) is 3. The first kappa shape index (κ1) is 43.3. The summed E-state index contributed by atoms with van der Waals surface area (Å²) in [6.45, 7) is 13.1. The van der Waals surface area contributed by atoms with Gasteiger partial charge in [0.25, 0.3) is 0 Å². The van der Waals surface area contributed by atoms with Crippen LogP contribution in [0.5, 0.6) is 0 Å². The van der Waals surface area contributed by atoms with E-state index in [0.29, 0.717) is 49.3 Å². The van der Waals surface area contributed by atoms with E-state index in [9.17, 15) is 19.2 Å². The molecule has 1 aliphatic carbocycles. The molecule has 0 aliphatic heterocycles. The lowest BCUT2D eigenvalue weighted by Gasteiger charge is -2.29. The van der Waals surface area contributed by atoms with Crippen molar-refractivity contribution in [3.63, 3.8) is 0 Å². The maximum atomic E-state index is 14.0. The molecule has 0 saturated heterocycles. The maximum absolute atomic E-state index is 14.0. The molecule has 57 heavy (non-hydrogen) atoms. The second-order valence-corrected chi connectivity index (χ2v) is 16.4. The van der Waals surface area contributed by atoms with Gasteiger partial charge in [-0.2, -0.15) is 10.1 Å². The molecular weight excluding hydrogens is 740 g/mol. The molecule has 3 N–H and O–H groups in total. The molecule has 4 aromatic rings. The maximum Gasteiger partial charge on any atom is 0.407 e. The van der Waals surface area contributed by atoms with Gasteiger partial charge < -0.3 is 20.3 Å². The van der Waals surface area contributed by atoms with Crippen molar-refractivity contribution < 1.29 is 23.9 Å². The van der Waals surface area contributed by atoms with Gasteiger partial charge in [-0.3, -0.25) is 14.4 Å². The van der Waals surface area contributed by atoms with E-state index in [0.717, 1.165) is 61.2 Å². The fraction of sp³-hybridized carbons (Fsp3) is 0.467. The first-order chi connectivity index (χ1) is 27.3. The minimum absolute atomic E-state index is 0.0777. The third-order valence-electron chi connectivity index (χ3n) is 10.6. The Kier molecular flexibility index (Phi) is 15.6. The van der Waals surface area contributed by atoms with Crippen LogP contribution in [0.2, 0.25) is 5.28 Å². The fourth-order valence-corrected chi connectivity index (χ4v) is 7.52. The first-order valence-corrected chi connectivity index (χ1v) is 20.6. The molecule has 1 saturated carbocycles. The average Bonchev–Trinajstić information content (AvgIpc) is 3.64. The first-order valence-electron chi connectivity index (χ1n) is 20.2. The molecule has 3 aromatic carbocycles. The van der Waals surface area contributed by atoms with Crippen molar-refractivity contribution in [1.29, 1.82) is 0 Å². The van der Waals surface area contributed by atoms with Gasteiger partial charge in [-0.1, -0.05) is 56.3 Å². The predicted octanol–water partition coefficient (Wildman–Crippen LogP) is 9.18. The van der Waals surface area contributed by atoms with Gasteiger partial charge in [0.15, 0.2) is 11.6 Å². The molecule has 0 unspecified atom stereocenters. The highest BCUT2D eigenvalue weighted by atomic mass is 35.5. The number of amides is 2. The van der Waals surface area contributed by atoms with Crippen LogP contribution in [0.25, 0.3) is 22.5 Å². The van der Waals surface area contributed by atoms with Crippen molar-refractivity contribution >= 4 is 40.9 Å². The van der Waals surface area contributed by atoms with E-state index < -0.39 is 17.6 Å². The molecule has 1 atom stereocenters. The van der Waals surface area contributed by atoms with Crippen molar-refractivity contribution in [3.05, 3.63) is 89.2 Å². The highest BCUT2D eigenvalue weighted by Crippen LogP contribution is 2.32. The molecule has 5 rings (SSSR count). The van der Waals surface area contributed by atoms with Gasteiger partial charge in [0.1, 0.15) is 11.4 Å². The predicted molar refractivity (Wildman–Crippen MR) is 225 cm³/mol. The zero-order valence-electron chi connectivity index (χ0n) is 33.9. The second kappa shape index (κ2) is 20.5. The van der Waals surface area contributed by atoms with E-state index in [4.69, 9.17) is 16.3 Å². The number of hydrogen-bond donors (Lipinski definition) is 3. The summed E-state index contributed by atoms with van der Waals surface area (Å²) in [5.41, 5.74) is 4.24. The Bertz CT molecular complexity index is 1960. The molecule has 1 aromatic heterocycles. The minimum atomic E-state index is -0.621. The standard InChI is InChI=1S/C45H57ClN6O5/c1-6-52(7-2)24-10-15-39(53)36-14-9-13-35(27-36)34-12-8-11-31(25-34)26-37(42(55)48-38-22-20-33(21-23-38)41-49-43(46)51-50-41)28-40(54)32-18-16-30(17-19-32)29-47-44(56)57-45(3,4)5/h8-9,11-14,20-23,25,27,30,32,37H,6-7,10,15-19,24,26,28-29H2,1-5H3,(H,47,56)(H,48,55)(H,49,50,51)/t30?,32?,37-/m1/s1. The third-order valence-corrected chi connectivity index (χ3v) is 10.8. The third kappa shape index (κ3) is 13.4. The minimum Gasteiger partial charge on any atom is -0.444 e. The fourth-order valence-electron chi connectivity index (χ4n) is 7.40. The van der Waals surface area contributed by atoms with Crippen molar-refractivity contribution in [2.45, 2.75) is 91.6 Å². The molecule has 304 valence electrons. The smallest absolute Gasteiger partial charge is 0.407 e. The number of alkyl carbamates (subject to hydrolysis) is 1. The van der Waals surface area contributed by atoms with Gasteiger partial charge in [0, 0.05) is 48.0 Å². The van der Waals surface area contributed by atoms with Gasteiger partial charge in [-0.25, -0.2) is 9.89 Å². The number of carbonyl (C=O) groups is 4. The molecule has 1 aliphatic rings. The van der Waals surface area contributed by atoms with E-state index in [2.05, 4.69) is 44.6 Å². The van der Waals surface area contributed by atoms with Gasteiger partial charge in [0.2, 0.25) is 11.2 Å². The monoisotopic (exact) mass is 796 g/mol. The molecule has 2 amide bonds. The number of halogens is 1. The number of ketones is 2. The van der Waals surface area contributed by atoms with Crippen LogP contribution in [0.1, 0.15) is 95.5 Å². The topological polar surface area (TPSA) is 146 Å². The summed E-state index contributed by atoms with van der Waals surface area (Å²) >= 11 is 5.91. The van der Waals surface area contributed by atoms with Crippen LogP contribution in [-0.4, -0.2) is 75.4 Å². The number of carbonyl (C=O) groups excluding carboxylic acids is 4. The number of aromatic nitrogens is 3. The number of nitrogens with zero attached hydrogens (tertiary/aromatic N) is 3. The number of ether oxygens (including phenoxy) is 1. The lowest BCUT2D eigenvalue weighted by atomic mass is 9.77. The Balaban J connectivity index is 1.27. The lowest BCUT2D eigenvalue weighted by Crippen LogP contribution is -2.37. The second-order valence-electron chi connectivity index (χ2n) is 16.0. The lowest BCUT2D eigenvalue weighted by molar-refractivity contribution is -0.129. The summed E-state index contributed by atoms with van der Waals surface area (Å²) in [5.74, 6) is -0.0964. The summed E-state index contributed by atoms with van der Waals surface area (Å²) in [5, 5.41) is 12.8. The number of anilines is 1. The summed E-state index contributed by atoms with van der Waals surface area (Å²) < 4.78 is 5.38. The Hall–Kier alpha value is -4.87. The van der Waals surface area contributed by atoms with E-state index >= 15 is 0 Å². The highest BCUT2D eigenvalue weighted by Gasteiger charge is 2.31. The highest BCUT2D eigenvalue weighted by molar-refractivity contribution is 6.28. The van der Waals surface area contributed by atoms with Crippen LogP contribution in [0.3, 0.4) is 0 Å². The molecule has 12 heteroatoms. The summed E-state index contributed by atoms with van der Waals surface area (Å²) in [7, 11) is 0. The Morgan fingerprint density at radius 1 is 0.912 bits per heavy atom. The van der Waals surface area contributed by atoms with Gasteiger partial charge in [0.05, 0.1) is 0 Å². The molecule has 0 spiro atoms. The van der Waals surface area contributed by atoms with Crippen molar-refractivity contribution in [2.24, 2.45) is 17.8 Å². The molecule has 1 fully saturated rings. The van der Waals surface area contributed by atoms with Crippen LogP contribution >= 0.6 is 11.6 Å². The quantitative estimate of drug-likeness (QED) is 0.0846. The number of rotatable bonds is 18. The van der Waals surface area contributed by atoms with E-state index in [-0.39, 0.29) is 41.0 Å². The molecule has 0 radical (unpaired) electrons. The zero-order chi connectivity index (χ0) is 41.0. The van der Waals surface area contributed by atoms with E-state index in [1.807, 2.05) is 69.3 Å². The van der Waals surface area contributed by atoms with Crippen molar-refractivity contribution in [2.75, 3.05) is 31.5 Å². The zero-order valence-corrected chi connectivity index (χ0v) is 34.7. The van der Waals surface area contributed by atoms with Crippen LogP contribution in [0, 0.1) is 17.8 Å². The Morgan fingerprint density at radius 2 is 1.60 bits per heavy atom. The number of H-pyrrole nitrogens is 1. The average molecular weight is 797 g/mol. The SMILES string of the molecule is CCN(CC)CCCC(=O)c1cccc(-c2cccc(C[C@H](CC(=O)C3CCC(CNC(=O)OC(C)(C)C)CC3)C(=O)Nc3ccc(-c4n[nH]c(Cl)n4)cc3)c2)c1. The van der Waals surface area contributed by atoms with Crippen molar-refractivity contribution in [1.82, 2.24) is 25.4 Å². The van der Waals surface area contributed by atoms with Crippen LogP contribution in [0.15, 0.2) is 72.8 Å². The van der Waals surface area contributed by atoms with Crippen LogP contribution in [0.4, 0.5) is 10.5 Å². The van der Waals surface area contributed by atoms with Gasteiger partial charge >= 0.3 is 6.09 Å². The Labute approximate surface area is 341 Å². The molecule has 1 heterocycles. The molecule has 11 nitrogen and oxygen atoms in total. The van der Waals surface area contributed by atoms with Gasteiger partial charge in [-0.05, 0) is 143 Å². The van der Waals surface area contributed by atoms with Crippen LogP contribution in [-0.2, 0) is 20.7 Å². The summed E-state index contributed by atoms with van der Waals surface area (Å²) in [6.07, 6.45) is 4.38. The largest absolute Gasteiger partial charge is 0.444 e. The summed E-state index contributed by atoms with van der Waals surface area (Å²) in [4.78, 5) is 59.7. The summed E-state index contributed by atoms with van der Waals surface area (Å²) in [6, 6.07) is 22.9. The molecular formula is C45H57ClN6O5. The number of benzene rings is 3. The van der Waals surface area contributed by atoms with E-state index in [1.54, 1.807) is 24.3 Å². The number of aromatic amines is 1. The van der Waals surface area contributed by atoms with Crippen LogP contribution < -0.4 is 10.6 Å². The van der Waals surface area contributed by atoms with E-state index in [1.165, 1.54) is 0 Å². The number of Topliss-reactive ketones (excluding diaryl/α,β-unsaturated/α-hetero) is 2.